The molecule has 8 heteroatoms. The van der Waals surface area contributed by atoms with Crippen LogP contribution in [0.1, 0.15) is 58.2 Å². The molecule has 0 bridgehead atoms. The predicted octanol–water partition coefficient (Wildman–Crippen LogP) is 1.85. The molecular weight excluding hydrogens is 372 g/mol. The van der Waals surface area contributed by atoms with Gasteiger partial charge in [-0.3, -0.25) is 9.69 Å². The average molecular weight is 407 g/mol. The van der Waals surface area contributed by atoms with E-state index in [0.29, 0.717) is 24.2 Å². The quantitative estimate of drug-likeness (QED) is 0.738. The molecule has 29 heavy (non-hydrogen) atoms. The molecule has 3 unspecified atom stereocenters. The Morgan fingerprint density at radius 1 is 1.17 bits per heavy atom. The lowest BCUT2D eigenvalue weighted by molar-refractivity contribution is -0.135. The van der Waals surface area contributed by atoms with Crippen molar-refractivity contribution in [2.24, 2.45) is 5.92 Å². The fraction of sp³-hybridized carbons (Fsp3) is 0.857. The lowest BCUT2D eigenvalue weighted by Crippen LogP contribution is -2.48. The molecule has 0 aliphatic carbocycles. The minimum absolute atomic E-state index is 0.0578. The van der Waals surface area contributed by atoms with Gasteiger partial charge in [-0.05, 0) is 32.6 Å². The van der Waals surface area contributed by atoms with Crippen molar-refractivity contribution in [3.63, 3.8) is 0 Å². The lowest BCUT2D eigenvalue weighted by Gasteiger charge is -2.36. The van der Waals surface area contributed by atoms with Gasteiger partial charge in [0.25, 0.3) is 0 Å². The number of hydrogen-bond acceptors (Lipinski definition) is 7. The van der Waals surface area contributed by atoms with Crippen molar-refractivity contribution < 1.29 is 18.8 Å². The summed E-state index contributed by atoms with van der Waals surface area (Å²) in [6.45, 7) is 12.6. The van der Waals surface area contributed by atoms with Gasteiger partial charge in [0.2, 0.25) is 11.8 Å². The largest absolute Gasteiger partial charge is 0.373 e. The summed E-state index contributed by atoms with van der Waals surface area (Å²) in [7, 11) is 0. The Morgan fingerprint density at radius 3 is 2.62 bits per heavy atom. The van der Waals surface area contributed by atoms with Crippen molar-refractivity contribution in [2.75, 3.05) is 32.7 Å². The van der Waals surface area contributed by atoms with E-state index in [0.717, 1.165) is 39.0 Å². The molecule has 4 rings (SSSR count). The molecule has 0 N–H and O–H groups in total. The summed E-state index contributed by atoms with van der Waals surface area (Å²) in [6, 6.07) is 0. The summed E-state index contributed by atoms with van der Waals surface area (Å²) in [6.07, 6.45) is 3.24. The number of likely N-dealkylation sites (tertiary alicyclic amines) is 1. The molecule has 0 radical (unpaired) electrons. The number of hydrogen-bond donors (Lipinski definition) is 0. The topological polar surface area (TPSA) is 80.9 Å². The van der Waals surface area contributed by atoms with Crippen LogP contribution in [0.3, 0.4) is 0 Å². The van der Waals surface area contributed by atoms with Crippen LogP contribution in [0.4, 0.5) is 0 Å². The number of ether oxygens (including phenoxy) is 2. The number of aromatic nitrogens is 2. The zero-order valence-corrected chi connectivity index (χ0v) is 18.0. The van der Waals surface area contributed by atoms with Crippen molar-refractivity contribution in [3.05, 3.63) is 11.7 Å². The fourth-order valence-corrected chi connectivity index (χ4v) is 4.92. The van der Waals surface area contributed by atoms with E-state index in [1.165, 1.54) is 0 Å². The number of fused-ring (bicyclic) bond motifs is 1. The van der Waals surface area contributed by atoms with Gasteiger partial charge in [0, 0.05) is 38.6 Å². The molecule has 1 aromatic rings. The number of amides is 1. The van der Waals surface area contributed by atoms with E-state index in [1.807, 2.05) is 18.7 Å². The molecule has 0 saturated carbocycles. The zero-order valence-electron chi connectivity index (χ0n) is 18.0. The first-order chi connectivity index (χ1) is 13.9. The first kappa shape index (κ1) is 20.8. The molecule has 4 heterocycles. The van der Waals surface area contributed by atoms with Crippen LogP contribution < -0.4 is 0 Å². The molecule has 3 fully saturated rings. The Balaban J connectivity index is 1.27. The summed E-state index contributed by atoms with van der Waals surface area (Å²) in [5.74, 6) is 1.84. The van der Waals surface area contributed by atoms with E-state index in [2.05, 4.69) is 28.9 Å². The molecule has 1 amide bonds. The molecule has 3 aliphatic rings. The Labute approximate surface area is 172 Å². The van der Waals surface area contributed by atoms with E-state index in [-0.39, 0.29) is 42.7 Å². The molecular formula is C21H34N4O4. The lowest BCUT2D eigenvalue weighted by atomic mass is 9.91. The number of carbonyl (C=O) groups is 1. The summed E-state index contributed by atoms with van der Waals surface area (Å²) in [5, 5.41) is 3.95. The highest BCUT2D eigenvalue weighted by Gasteiger charge is 2.41. The molecule has 8 nitrogen and oxygen atoms in total. The first-order valence-corrected chi connectivity index (χ1v) is 11.0. The van der Waals surface area contributed by atoms with Crippen LogP contribution in [-0.4, -0.2) is 83.0 Å². The van der Waals surface area contributed by atoms with E-state index in [4.69, 9.17) is 14.0 Å². The van der Waals surface area contributed by atoms with Crippen molar-refractivity contribution in [3.8, 4) is 0 Å². The molecule has 0 aromatic carbocycles. The van der Waals surface area contributed by atoms with Gasteiger partial charge in [0.15, 0.2) is 5.82 Å². The number of piperidine rings is 1. The summed E-state index contributed by atoms with van der Waals surface area (Å²) < 4.78 is 17.4. The normalized spacial score (nSPS) is 33.3. The molecule has 3 aliphatic heterocycles. The van der Waals surface area contributed by atoms with Crippen LogP contribution >= 0.6 is 0 Å². The monoisotopic (exact) mass is 406 g/mol. The van der Waals surface area contributed by atoms with Crippen LogP contribution in [-0.2, 0) is 20.7 Å². The second-order valence-corrected chi connectivity index (χ2v) is 9.28. The average Bonchev–Trinajstić information content (AvgIpc) is 3.26. The number of morpholine rings is 1. The van der Waals surface area contributed by atoms with Gasteiger partial charge >= 0.3 is 0 Å². The number of nitrogens with zero attached hydrogens (tertiary/aromatic N) is 4. The van der Waals surface area contributed by atoms with Crippen LogP contribution in [0.15, 0.2) is 4.52 Å². The van der Waals surface area contributed by atoms with E-state index < -0.39 is 0 Å². The van der Waals surface area contributed by atoms with Crippen molar-refractivity contribution >= 4 is 5.91 Å². The number of carbonyl (C=O) groups excluding carboxylic acids is 1. The second-order valence-electron chi connectivity index (χ2n) is 9.28. The van der Waals surface area contributed by atoms with Gasteiger partial charge in [-0.15, -0.1) is 0 Å². The summed E-state index contributed by atoms with van der Waals surface area (Å²) in [5.41, 5.74) is 0. The standard InChI is InChI=1S/C21H34N4O4/c1-13(2)21-22-19(23-29-21)8-20(26)25-6-5-16-7-17(28-18(16)12-25)11-24-9-14(3)27-15(4)10-24/h13-18H,5-12H2,1-4H3/t14?,15?,16-,17?,18-/m0/s1. The van der Waals surface area contributed by atoms with Gasteiger partial charge in [-0.2, -0.15) is 4.98 Å². The van der Waals surface area contributed by atoms with Gasteiger partial charge in [0.05, 0.1) is 30.8 Å². The highest BCUT2D eigenvalue weighted by atomic mass is 16.5. The Morgan fingerprint density at radius 2 is 1.93 bits per heavy atom. The number of rotatable bonds is 5. The third-order valence-corrected chi connectivity index (χ3v) is 6.23. The minimum atomic E-state index is 0.0578. The van der Waals surface area contributed by atoms with Crippen LogP contribution in [0, 0.1) is 5.92 Å². The SMILES string of the molecule is CC1CN(CC2C[C@@H]3CCN(C(=O)Cc4noc(C(C)C)n4)C[C@@H]3O2)CC(C)O1. The Kier molecular flexibility index (Phi) is 6.22. The van der Waals surface area contributed by atoms with E-state index in [9.17, 15) is 4.79 Å². The maximum absolute atomic E-state index is 12.7. The predicted molar refractivity (Wildman–Crippen MR) is 107 cm³/mol. The van der Waals surface area contributed by atoms with E-state index in [1.54, 1.807) is 0 Å². The van der Waals surface area contributed by atoms with Crippen molar-refractivity contribution in [2.45, 2.75) is 77.3 Å². The third-order valence-electron chi connectivity index (χ3n) is 6.23. The van der Waals surface area contributed by atoms with Gasteiger partial charge in [-0.1, -0.05) is 19.0 Å². The highest BCUT2D eigenvalue weighted by Crippen LogP contribution is 2.34. The smallest absolute Gasteiger partial charge is 0.230 e. The highest BCUT2D eigenvalue weighted by molar-refractivity contribution is 5.78. The zero-order chi connectivity index (χ0) is 20.5. The molecule has 0 spiro atoms. The van der Waals surface area contributed by atoms with E-state index >= 15 is 0 Å². The van der Waals surface area contributed by atoms with Gasteiger partial charge < -0.3 is 18.9 Å². The first-order valence-electron chi connectivity index (χ1n) is 11.0. The van der Waals surface area contributed by atoms with Crippen molar-refractivity contribution in [1.82, 2.24) is 19.9 Å². The maximum atomic E-state index is 12.7. The molecule has 162 valence electrons. The van der Waals surface area contributed by atoms with Crippen LogP contribution in [0.2, 0.25) is 0 Å². The fourth-order valence-electron chi connectivity index (χ4n) is 4.92. The summed E-state index contributed by atoms with van der Waals surface area (Å²) in [4.78, 5) is 21.4. The third kappa shape index (κ3) is 4.98. The molecule has 5 atom stereocenters. The van der Waals surface area contributed by atoms with Crippen LogP contribution in [0.25, 0.3) is 0 Å². The van der Waals surface area contributed by atoms with Gasteiger partial charge in [-0.25, -0.2) is 0 Å². The van der Waals surface area contributed by atoms with Crippen LogP contribution in [0.5, 0.6) is 0 Å². The second kappa shape index (κ2) is 8.70. The molecule has 3 saturated heterocycles. The maximum Gasteiger partial charge on any atom is 0.230 e. The Hall–Kier alpha value is -1.51. The molecule has 1 aromatic heterocycles. The Bertz CT molecular complexity index is 699. The van der Waals surface area contributed by atoms with Crippen molar-refractivity contribution in [1.29, 1.82) is 0 Å². The minimum Gasteiger partial charge on any atom is -0.373 e. The summed E-state index contributed by atoms with van der Waals surface area (Å²) >= 11 is 0. The van der Waals surface area contributed by atoms with Gasteiger partial charge in [0.1, 0.15) is 0 Å².